The molecule has 0 radical (unpaired) electrons. The zero-order valence-corrected chi connectivity index (χ0v) is 18.1. The van der Waals surface area contributed by atoms with E-state index in [1.807, 2.05) is 18.2 Å². The van der Waals surface area contributed by atoms with Crippen LogP contribution < -0.4 is 11.1 Å². The second-order valence-corrected chi connectivity index (χ2v) is 9.07. The fraction of sp³-hybridized carbons (Fsp3) is 0.409. The number of carbonyl (C=O) groups is 1. The lowest BCUT2D eigenvalue weighted by Gasteiger charge is -2.26. The smallest absolute Gasteiger partial charge is 0.222 e. The van der Waals surface area contributed by atoms with Gasteiger partial charge < -0.3 is 11.1 Å². The van der Waals surface area contributed by atoms with E-state index in [2.05, 4.69) is 44.5 Å². The van der Waals surface area contributed by atoms with Crippen molar-refractivity contribution in [2.45, 2.75) is 19.4 Å². The lowest BCUT2D eigenvalue weighted by atomic mass is 10.1. The highest BCUT2D eigenvalue weighted by molar-refractivity contribution is 7.85. The van der Waals surface area contributed by atoms with Gasteiger partial charge in [-0.15, -0.1) is 0 Å². The normalized spacial score (nSPS) is 17.4. The molecule has 1 saturated heterocycles. The molecule has 1 aromatic carbocycles. The minimum absolute atomic E-state index is 0.208. The zero-order valence-electron chi connectivity index (χ0n) is 17.3. The van der Waals surface area contributed by atoms with Gasteiger partial charge in [-0.1, -0.05) is 30.3 Å². The number of rotatable bonds is 5. The standard InChI is InChI=1S/C17H20N4OS.C5H9NO/c18-13-19-17-3-1-2-16(20-17)15-6-4-14(5-7-15)12-21-8-10-23(22)11-9-21;1-6-5(7)4-2-3-4/h1-7,13H,8-12H2,(H2,18,19,20);4H,2-3H2,1H3,(H,6,7). The van der Waals surface area contributed by atoms with Gasteiger partial charge in [-0.25, -0.2) is 9.98 Å². The predicted molar refractivity (Wildman–Crippen MR) is 122 cm³/mol. The first-order valence-electron chi connectivity index (χ1n) is 10.2. The fourth-order valence-corrected chi connectivity index (χ4v) is 4.28. The maximum absolute atomic E-state index is 11.4. The highest BCUT2D eigenvalue weighted by atomic mass is 32.2. The number of amides is 1. The van der Waals surface area contributed by atoms with Crippen molar-refractivity contribution in [1.82, 2.24) is 15.2 Å². The summed E-state index contributed by atoms with van der Waals surface area (Å²) in [4.78, 5) is 21.3. The van der Waals surface area contributed by atoms with E-state index >= 15 is 0 Å². The average Bonchev–Trinajstić information content (AvgIpc) is 3.62. The minimum Gasteiger partial charge on any atom is -0.390 e. The minimum atomic E-state index is -0.622. The molecule has 8 heteroatoms. The van der Waals surface area contributed by atoms with E-state index < -0.39 is 10.8 Å². The lowest BCUT2D eigenvalue weighted by molar-refractivity contribution is -0.121. The number of pyridine rings is 1. The molecule has 30 heavy (non-hydrogen) atoms. The molecule has 0 spiro atoms. The quantitative estimate of drug-likeness (QED) is 0.562. The maximum atomic E-state index is 11.4. The van der Waals surface area contributed by atoms with E-state index in [4.69, 9.17) is 5.73 Å². The van der Waals surface area contributed by atoms with Crippen molar-refractivity contribution >= 4 is 28.9 Å². The van der Waals surface area contributed by atoms with E-state index in [1.165, 1.54) is 11.9 Å². The van der Waals surface area contributed by atoms with Crippen LogP contribution >= 0.6 is 0 Å². The Bertz CT molecular complexity index is 887. The molecule has 1 saturated carbocycles. The van der Waals surface area contributed by atoms with E-state index in [0.717, 1.165) is 55.2 Å². The topological polar surface area (TPSA) is 101 Å². The lowest BCUT2D eigenvalue weighted by Crippen LogP contribution is -2.37. The Labute approximate surface area is 180 Å². The average molecular weight is 428 g/mol. The molecule has 4 rings (SSSR count). The van der Waals surface area contributed by atoms with Crippen molar-refractivity contribution in [2.24, 2.45) is 16.6 Å². The monoisotopic (exact) mass is 427 g/mol. The van der Waals surface area contributed by atoms with Crippen molar-refractivity contribution in [1.29, 1.82) is 0 Å². The Morgan fingerprint density at radius 3 is 2.50 bits per heavy atom. The first-order valence-corrected chi connectivity index (χ1v) is 11.7. The van der Waals surface area contributed by atoms with E-state index in [-0.39, 0.29) is 5.91 Å². The van der Waals surface area contributed by atoms with Gasteiger partial charge in [0.05, 0.1) is 12.0 Å². The highest BCUT2D eigenvalue weighted by Crippen LogP contribution is 2.28. The van der Waals surface area contributed by atoms with E-state index in [1.54, 1.807) is 7.05 Å². The molecule has 7 nitrogen and oxygen atoms in total. The van der Waals surface area contributed by atoms with Crippen molar-refractivity contribution in [3.63, 3.8) is 0 Å². The Balaban J connectivity index is 0.000000310. The van der Waals surface area contributed by atoms with Crippen LogP contribution in [0.4, 0.5) is 5.82 Å². The summed E-state index contributed by atoms with van der Waals surface area (Å²) in [5, 5.41) is 2.59. The van der Waals surface area contributed by atoms with Crippen molar-refractivity contribution in [3.05, 3.63) is 48.0 Å². The Morgan fingerprint density at radius 2 is 1.93 bits per heavy atom. The molecule has 2 fully saturated rings. The number of carbonyl (C=O) groups excluding carboxylic acids is 1. The van der Waals surface area contributed by atoms with Crippen LogP contribution in [-0.4, -0.2) is 58.0 Å². The van der Waals surface area contributed by atoms with Crippen LogP contribution in [0.1, 0.15) is 18.4 Å². The summed E-state index contributed by atoms with van der Waals surface area (Å²) in [5.74, 6) is 2.76. The van der Waals surface area contributed by atoms with Gasteiger partial charge in [0, 0.05) is 60.5 Å². The summed E-state index contributed by atoms with van der Waals surface area (Å²) in [6.07, 6.45) is 3.44. The fourth-order valence-electron chi connectivity index (χ4n) is 3.15. The Morgan fingerprint density at radius 1 is 1.23 bits per heavy atom. The third-order valence-electron chi connectivity index (χ3n) is 5.06. The summed E-state index contributed by atoms with van der Waals surface area (Å²) in [5.41, 5.74) is 8.51. The Hall–Kier alpha value is -2.58. The van der Waals surface area contributed by atoms with Crippen molar-refractivity contribution in [2.75, 3.05) is 31.6 Å². The SMILES string of the molecule is CNC(=O)C1CC1.N/C=N\c1cccc(-c2ccc(CN3CCS(=O)CC3)cc2)n1. The van der Waals surface area contributed by atoms with Crippen LogP contribution in [-0.2, 0) is 22.1 Å². The molecule has 0 atom stereocenters. The number of nitrogens with one attached hydrogen (secondary N) is 1. The highest BCUT2D eigenvalue weighted by Gasteiger charge is 2.28. The predicted octanol–water partition coefficient (Wildman–Crippen LogP) is 2.07. The van der Waals surface area contributed by atoms with Crippen molar-refractivity contribution in [3.8, 4) is 11.3 Å². The summed E-state index contributed by atoms with van der Waals surface area (Å²) in [7, 11) is 1.06. The van der Waals surface area contributed by atoms with Crippen LogP contribution in [0.3, 0.4) is 0 Å². The van der Waals surface area contributed by atoms with E-state index in [0.29, 0.717) is 11.7 Å². The van der Waals surface area contributed by atoms with Crippen LogP contribution in [0, 0.1) is 5.92 Å². The zero-order chi connectivity index (χ0) is 21.3. The largest absolute Gasteiger partial charge is 0.390 e. The van der Waals surface area contributed by atoms with Crippen LogP contribution in [0.2, 0.25) is 0 Å². The number of aliphatic imine (C=N–C) groups is 1. The summed E-state index contributed by atoms with van der Waals surface area (Å²) >= 11 is 0. The number of aromatic nitrogens is 1. The van der Waals surface area contributed by atoms with Crippen LogP contribution in [0.5, 0.6) is 0 Å². The van der Waals surface area contributed by atoms with Gasteiger partial charge in [0.25, 0.3) is 0 Å². The number of benzene rings is 1. The second kappa shape index (κ2) is 11.0. The second-order valence-electron chi connectivity index (χ2n) is 7.37. The number of hydrogen-bond donors (Lipinski definition) is 2. The van der Waals surface area contributed by atoms with Crippen LogP contribution in [0.15, 0.2) is 47.5 Å². The van der Waals surface area contributed by atoms with Crippen molar-refractivity contribution < 1.29 is 9.00 Å². The van der Waals surface area contributed by atoms with Gasteiger partial charge in [-0.3, -0.25) is 13.9 Å². The van der Waals surface area contributed by atoms with Gasteiger partial charge in [0.15, 0.2) is 5.82 Å². The molecule has 160 valence electrons. The van der Waals surface area contributed by atoms with Gasteiger partial charge in [0.1, 0.15) is 0 Å². The molecule has 0 bridgehead atoms. The molecule has 1 aliphatic heterocycles. The van der Waals surface area contributed by atoms with Crippen LogP contribution in [0.25, 0.3) is 11.3 Å². The molecular formula is C22H29N5O2S. The molecule has 2 aliphatic rings. The molecule has 1 aliphatic carbocycles. The molecule has 1 amide bonds. The number of hydrogen-bond acceptors (Lipinski definition) is 5. The molecule has 2 heterocycles. The number of nitrogens with zero attached hydrogens (tertiary/aromatic N) is 3. The summed E-state index contributed by atoms with van der Waals surface area (Å²) in [6, 6.07) is 14.1. The molecule has 2 aromatic rings. The molecule has 3 N–H and O–H groups in total. The third kappa shape index (κ3) is 6.74. The Kier molecular flexibility index (Phi) is 8.10. The molecule has 1 aromatic heterocycles. The first kappa shape index (κ1) is 22.1. The van der Waals surface area contributed by atoms with Gasteiger partial charge in [-0.05, 0) is 30.5 Å². The van der Waals surface area contributed by atoms with Gasteiger partial charge in [-0.2, -0.15) is 0 Å². The molecule has 0 unspecified atom stereocenters. The maximum Gasteiger partial charge on any atom is 0.222 e. The first-order chi connectivity index (χ1) is 14.6. The summed E-state index contributed by atoms with van der Waals surface area (Å²) in [6.45, 7) is 2.73. The van der Waals surface area contributed by atoms with Gasteiger partial charge in [0.2, 0.25) is 5.91 Å². The number of nitrogens with two attached hydrogens (primary N) is 1. The molecular weight excluding hydrogens is 398 g/mol. The summed E-state index contributed by atoms with van der Waals surface area (Å²) < 4.78 is 11.4. The third-order valence-corrected chi connectivity index (χ3v) is 6.34. The van der Waals surface area contributed by atoms with Gasteiger partial charge >= 0.3 is 0 Å². The van der Waals surface area contributed by atoms with E-state index in [9.17, 15) is 9.00 Å².